The summed E-state index contributed by atoms with van der Waals surface area (Å²) in [7, 11) is 0. The van der Waals surface area contributed by atoms with Crippen LogP contribution in [0.3, 0.4) is 0 Å². The van der Waals surface area contributed by atoms with Gasteiger partial charge in [-0.25, -0.2) is 0 Å². The summed E-state index contributed by atoms with van der Waals surface area (Å²) in [6, 6.07) is 2.08. The molecular formula is C8H8OS. The minimum absolute atomic E-state index is 0.209. The van der Waals surface area contributed by atoms with Crippen molar-refractivity contribution in [2.45, 2.75) is 18.8 Å². The summed E-state index contributed by atoms with van der Waals surface area (Å²) >= 11 is 1.77. The molecule has 0 aliphatic heterocycles. The zero-order chi connectivity index (χ0) is 6.97. The van der Waals surface area contributed by atoms with Crippen molar-refractivity contribution in [2.75, 3.05) is 0 Å². The van der Waals surface area contributed by atoms with Crippen LogP contribution in [0.4, 0.5) is 0 Å². The summed E-state index contributed by atoms with van der Waals surface area (Å²) in [5, 5.41) is 2.07. The lowest BCUT2D eigenvalue weighted by atomic mass is 10.1. The summed E-state index contributed by atoms with van der Waals surface area (Å²) in [5.74, 6) is 0.209. The molecule has 1 aliphatic rings. The van der Waals surface area contributed by atoms with Gasteiger partial charge < -0.3 is 4.79 Å². The molecule has 10 heavy (non-hydrogen) atoms. The number of fused-ring (bicyclic) bond motifs is 1. The lowest BCUT2D eigenvalue weighted by Crippen LogP contribution is -1.91. The topological polar surface area (TPSA) is 17.1 Å². The fourth-order valence-electron chi connectivity index (χ4n) is 1.47. The molecule has 1 aromatic rings. The average Bonchev–Trinajstić information content (AvgIpc) is 2.44. The van der Waals surface area contributed by atoms with Gasteiger partial charge in [0, 0.05) is 10.8 Å². The summed E-state index contributed by atoms with van der Waals surface area (Å²) in [5.41, 5.74) is 1.28. The summed E-state index contributed by atoms with van der Waals surface area (Å²) in [6.45, 7) is 0. The molecule has 1 atom stereocenters. The van der Waals surface area contributed by atoms with Crippen LogP contribution >= 0.6 is 11.3 Å². The van der Waals surface area contributed by atoms with Gasteiger partial charge >= 0.3 is 0 Å². The molecule has 2 heteroatoms. The number of aldehydes is 1. The van der Waals surface area contributed by atoms with Crippen LogP contribution in [0.25, 0.3) is 0 Å². The van der Waals surface area contributed by atoms with Crippen LogP contribution in [0.5, 0.6) is 0 Å². The van der Waals surface area contributed by atoms with E-state index in [-0.39, 0.29) is 5.92 Å². The van der Waals surface area contributed by atoms with Gasteiger partial charge in [-0.1, -0.05) is 0 Å². The van der Waals surface area contributed by atoms with Crippen LogP contribution in [0.2, 0.25) is 0 Å². The second kappa shape index (κ2) is 2.20. The van der Waals surface area contributed by atoms with Crippen molar-refractivity contribution in [3.05, 3.63) is 21.9 Å². The zero-order valence-corrected chi connectivity index (χ0v) is 6.36. The predicted octanol–water partition coefficient (Wildman–Crippen LogP) is 1.98. The number of rotatable bonds is 1. The fourth-order valence-corrected chi connectivity index (χ4v) is 2.44. The Balaban J connectivity index is 2.43. The molecule has 2 rings (SSSR count). The highest BCUT2D eigenvalue weighted by molar-refractivity contribution is 7.10. The Hall–Kier alpha value is -0.630. The van der Waals surface area contributed by atoms with Gasteiger partial charge in [0.1, 0.15) is 6.29 Å². The van der Waals surface area contributed by atoms with Crippen LogP contribution < -0.4 is 0 Å². The molecule has 0 spiro atoms. The van der Waals surface area contributed by atoms with E-state index in [9.17, 15) is 4.79 Å². The Bertz CT molecular complexity index is 252. The lowest BCUT2D eigenvalue weighted by Gasteiger charge is -1.95. The van der Waals surface area contributed by atoms with E-state index in [0.29, 0.717) is 0 Å². The first-order valence-electron chi connectivity index (χ1n) is 3.43. The molecule has 0 bridgehead atoms. The molecule has 1 heterocycles. The smallest absolute Gasteiger partial charge is 0.127 e. The van der Waals surface area contributed by atoms with E-state index in [0.717, 1.165) is 19.1 Å². The van der Waals surface area contributed by atoms with E-state index in [4.69, 9.17) is 0 Å². The van der Waals surface area contributed by atoms with Gasteiger partial charge in [0.2, 0.25) is 0 Å². The zero-order valence-electron chi connectivity index (χ0n) is 5.54. The van der Waals surface area contributed by atoms with Crippen LogP contribution in [0, 0.1) is 0 Å². The third kappa shape index (κ3) is 0.721. The maximum Gasteiger partial charge on any atom is 0.127 e. The fraction of sp³-hybridized carbons (Fsp3) is 0.375. The molecule has 0 radical (unpaired) electrons. The first-order valence-corrected chi connectivity index (χ1v) is 4.31. The molecule has 0 saturated carbocycles. The first kappa shape index (κ1) is 6.10. The Kier molecular flexibility index (Phi) is 1.34. The molecule has 1 aromatic heterocycles. The second-order valence-corrected chi connectivity index (χ2v) is 3.58. The Morgan fingerprint density at radius 2 is 2.60 bits per heavy atom. The van der Waals surface area contributed by atoms with Gasteiger partial charge in [-0.2, -0.15) is 0 Å². The Morgan fingerprint density at radius 3 is 3.40 bits per heavy atom. The number of hydrogen-bond acceptors (Lipinski definition) is 2. The highest BCUT2D eigenvalue weighted by Gasteiger charge is 2.22. The monoisotopic (exact) mass is 152 g/mol. The SMILES string of the molecule is O=CC1CCc2sccc21. The minimum atomic E-state index is 0.209. The molecule has 0 amide bonds. The standard InChI is InChI=1S/C8H8OS/c9-5-6-1-2-8-7(6)3-4-10-8/h3-6H,1-2H2. The van der Waals surface area contributed by atoms with Crippen molar-refractivity contribution < 1.29 is 4.79 Å². The van der Waals surface area contributed by atoms with Crippen molar-refractivity contribution in [2.24, 2.45) is 0 Å². The highest BCUT2D eigenvalue weighted by Crippen LogP contribution is 2.34. The predicted molar refractivity (Wildman–Crippen MR) is 41.4 cm³/mol. The Labute approximate surface area is 63.7 Å². The summed E-state index contributed by atoms with van der Waals surface area (Å²) in [4.78, 5) is 11.9. The quantitative estimate of drug-likeness (QED) is 0.562. The third-order valence-corrected chi connectivity index (χ3v) is 3.02. The largest absolute Gasteiger partial charge is 0.303 e. The van der Waals surface area contributed by atoms with Gasteiger partial charge in [-0.05, 0) is 29.9 Å². The lowest BCUT2D eigenvalue weighted by molar-refractivity contribution is -0.109. The molecule has 0 saturated heterocycles. The summed E-state index contributed by atoms with van der Waals surface area (Å²) < 4.78 is 0. The van der Waals surface area contributed by atoms with Crippen LogP contribution in [0.1, 0.15) is 22.8 Å². The third-order valence-electron chi connectivity index (χ3n) is 2.03. The molecular weight excluding hydrogens is 144 g/mol. The van der Waals surface area contributed by atoms with E-state index >= 15 is 0 Å². The van der Waals surface area contributed by atoms with Crippen LogP contribution in [-0.2, 0) is 11.2 Å². The molecule has 1 aliphatic carbocycles. The molecule has 52 valence electrons. The van der Waals surface area contributed by atoms with Crippen molar-refractivity contribution in [1.29, 1.82) is 0 Å². The van der Waals surface area contributed by atoms with Crippen molar-refractivity contribution in [3.8, 4) is 0 Å². The van der Waals surface area contributed by atoms with E-state index in [1.165, 1.54) is 10.4 Å². The van der Waals surface area contributed by atoms with Gasteiger partial charge in [0.05, 0.1) is 0 Å². The number of carbonyl (C=O) groups is 1. The molecule has 0 N–H and O–H groups in total. The van der Waals surface area contributed by atoms with E-state index in [1.807, 2.05) is 0 Å². The van der Waals surface area contributed by atoms with E-state index in [2.05, 4.69) is 11.4 Å². The maximum atomic E-state index is 10.5. The Morgan fingerprint density at radius 1 is 1.70 bits per heavy atom. The van der Waals surface area contributed by atoms with E-state index in [1.54, 1.807) is 11.3 Å². The van der Waals surface area contributed by atoms with Crippen LogP contribution in [-0.4, -0.2) is 6.29 Å². The van der Waals surface area contributed by atoms with Crippen LogP contribution in [0.15, 0.2) is 11.4 Å². The van der Waals surface area contributed by atoms with Gasteiger partial charge in [0.25, 0.3) is 0 Å². The number of carbonyl (C=O) groups excluding carboxylic acids is 1. The number of aryl methyl sites for hydroxylation is 1. The first-order chi connectivity index (χ1) is 4.92. The van der Waals surface area contributed by atoms with Crippen molar-refractivity contribution >= 4 is 17.6 Å². The maximum absolute atomic E-state index is 10.5. The number of thiophene rings is 1. The highest BCUT2D eigenvalue weighted by atomic mass is 32.1. The minimum Gasteiger partial charge on any atom is -0.303 e. The summed E-state index contributed by atoms with van der Waals surface area (Å²) in [6.07, 6.45) is 3.21. The normalized spacial score (nSPS) is 22.6. The van der Waals surface area contributed by atoms with Gasteiger partial charge in [-0.15, -0.1) is 11.3 Å². The van der Waals surface area contributed by atoms with Crippen molar-refractivity contribution in [3.63, 3.8) is 0 Å². The van der Waals surface area contributed by atoms with Crippen molar-refractivity contribution in [1.82, 2.24) is 0 Å². The second-order valence-electron chi connectivity index (χ2n) is 2.58. The molecule has 0 aromatic carbocycles. The van der Waals surface area contributed by atoms with E-state index < -0.39 is 0 Å². The molecule has 1 nitrogen and oxygen atoms in total. The molecule has 0 fully saturated rings. The van der Waals surface area contributed by atoms with Gasteiger partial charge in [0.15, 0.2) is 0 Å². The molecule has 1 unspecified atom stereocenters. The average molecular weight is 152 g/mol. The number of hydrogen-bond donors (Lipinski definition) is 0. The van der Waals surface area contributed by atoms with Gasteiger partial charge in [-0.3, -0.25) is 0 Å².